The fraction of sp³-hybridized carbons (Fsp3) is 0.188. The van der Waals surface area contributed by atoms with Gasteiger partial charge in [-0.2, -0.15) is 0 Å². The number of aliphatic hydroxyl groups is 1. The van der Waals surface area contributed by atoms with Crippen LogP contribution in [0.2, 0.25) is 0 Å². The average Bonchev–Trinajstić information content (AvgIpc) is 2.48. The summed E-state index contributed by atoms with van der Waals surface area (Å²) in [7, 11) is 0. The second-order valence-corrected chi connectivity index (χ2v) is 4.67. The van der Waals surface area contributed by atoms with Crippen LogP contribution in [0.5, 0.6) is 0 Å². The Balaban J connectivity index is 1.92. The molecule has 2 N–H and O–H groups in total. The topological polar surface area (TPSA) is 49.3 Å². The first-order chi connectivity index (χ1) is 10.1. The number of halogens is 2. The molecule has 0 bridgehead atoms. The van der Waals surface area contributed by atoms with Crippen LogP contribution in [0.25, 0.3) is 0 Å². The van der Waals surface area contributed by atoms with Gasteiger partial charge in [0, 0.05) is 12.6 Å². The molecule has 2 aromatic carbocycles. The van der Waals surface area contributed by atoms with Crippen LogP contribution < -0.4 is 5.32 Å². The van der Waals surface area contributed by atoms with Gasteiger partial charge in [-0.3, -0.25) is 4.79 Å². The molecule has 0 atom stereocenters. The summed E-state index contributed by atoms with van der Waals surface area (Å²) in [6, 6.07) is 10.3. The molecule has 110 valence electrons. The number of rotatable bonds is 5. The Bertz CT molecular complexity index is 644. The predicted molar refractivity (Wildman–Crippen MR) is 74.3 cm³/mol. The van der Waals surface area contributed by atoms with E-state index in [0.29, 0.717) is 0 Å². The van der Waals surface area contributed by atoms with Crippen LogP contribution in [0.15, 0.2) is 42.5 Å². The van der Waals surface area contributed by atoms with Crippen molar-refractivity contribution in [2.75, 3.05) is 0 Å². The van der Waals surface area contributed by atoms with E-state index in [1.165, 1.54) is 6.07 Å². The zero-order valence-electron chi connectivity index (χ0n) is 11.3. The highest BCUT2D eigenvalue weighted by atomic mass is 19.1. The van der Waals surface area contributed by atoms with Crippen molar-refractivity contribution in [3.63, 3.8) is 0 Å². The molecule has 0 saturated carbocycles. The summed E-state index contributed by atoms with van der Waals surface area (Å²) in [5, 5.41) is 11.7. The number of amides is 1. The summed E-state index contributed by atoms with van der Waals surface area (Å²) in [5.74, 6) is -1.75. The molecule has 21 heavy (non-hydrogen) atoms. The summed E-state index contributed by atoms with van der Waals surface area (Å²) in [5.41, 5.74) is 1.75. The van der Waals surface area contributed by atoms with Gasteiger partial charge in [-0.05, 0) is 22.8 Å². The minimum atomic E-state index is -0.729. The smallest absolute Gasteiger partial charge is 0.224 e. The number of hydrogen-bond acceptors (Lipinski definition) is 2. The number of carbonyl (C=O) groups is 1. The number of nitrogens with one attached hydrogen (secondary N) is 1. The molecule has 2 aromatic rings. The highest BCUT2D eigenvalue weighted by Gasteiger charge is 2.09. The highest BCUT2D eigenvalue weighted by Crippen LogP contribution is 2.10. The van der Waals surface area contributed by atoms with E-state index in [2.05, 4.69) is 5.32 Å². The Morgan fingerprint density at radius 1 is 1.10 bits per heavy atom. The normalized spacial score (nSPS) is 10.4. The summed E-state index contributed by atoms with van der Waals surface area (Å²) in [6.07, 6.45) is -0.147. The van der Waals surface area contributed by atoms with Crippen molar-refractivity contribution in [1.82, 2.24) is 5.32 Å². The number of hydrogen-bond donors (Lipinski definition) is 2. The molecule has 0 aromatic heterocycles. The van der Waals surface area contributed by atoms with Crippen molar-refractivity contribution in [3.8, 4) is 0 Å². The molecule has 0 heterocycles. The van der Waals surface area contributed by atoms with Crippen molar-refractivity contribution in [1.29, 1.82) is 0 Å². The second kappa shape index (κ2) is 6.95. The van der Waals surface area contributed by atoms with Crippen molar-refractivity contribution < 1.29 is 18.7 Å². The number of carbonyl (C=O) groups excluding carboxylic acids is 1. The molecular formula is C16H15F2NO2. The third-order valence-electron chi connectivity index (χ3n) is 3.03. The third kappa shape index (κ3) is 4.36. The monoisotopic (exact) mass is 291 g/mol. The molecule has 0 aliphatic heterocycles. The van der Waals surface area contributed by atoms with Crippen LogP contribution in [0.3, 0.4) is 0 Å². The van der Waals surface area contributed by atoms with E-state index in [1.54, 1.807) is 18.2 Å². The lowest BCUT2D eigenvalue weighted by Crippen LogP contribution is -2.25. The maximum Gasteiger partial charge on any atom is 0.224 e. The van der Waals surface area contributed by atoms with Crippen molar-refractivity contribution in [2.45, 2.75) is 19.6 Å². The van der Waals surface area contributed by atoms with Crippen LogP contribution in [0, 0.1) is 11.6 Å². The van der Waals surface area contributed by atoms with E-state index in [-0.39, 0.29) is 31.0 Å². The van der Waals surface area contributed by atoms with E-state index in [4.69, 9.17) is 5.11 Å². The van der Waals surface area contributed by atoms with Gasteiger partial charge in [0.15, 0.2) is 0 Å². The first kappa shape index (κ1) is 15.1. The Labute approximate surface area is 121 Å². The highest BCUT2D eigenvalue weighted by molar-refractivity contribution is 5.78. The zero-order valence-corrected chi connectivity index (χ0v) is 11.3. The van der Waals surface area contributed by atoms with Crippen LogP contribution in [-0.2, 0) is 24.4 Å². The van der Waals surface area contributed by atoms with Gasteiger partial charge in [-0.15, -0.1) is 0 Å². The molecule has 3 nitrogen and oxygen atoms in total. The van der Waals surface area contributed by atoms with Crippen molar-refractivity contribution in [3.05, 3.63) is 70.8 Å². The van der Waals surface area contributed by atoms with Gasteiger partial charge in [0.25, 0.3) is 0 Å². The van der Waals surface area contributed by atoms with Crippen molar-refractivity contribution in [2.24, 2.45) is 0 Å². The summed E-state index contributed by atoms with van der Waals surface area (Å²) < 4.78 is 26.2. The molecule has 0 saturated heterocycles. The molecule has 0 unspecified atom stereocenters. The van der Waals surface area contributed by atoms with Gasteiger partial charge in [-0.25, -0.2) is 8.78 Å². The molecule has 2 rings (SSSR count). The Morgan fingerprint density at radius 3 is 2.57 bits per heavy atom. The van der Waals surface area contributed by atoms with Gasteiger partial charge in [0.1, 0.15) is 11.6 Å². The quantitative estimate of drug-likeness (QED) is 0.888. The van der Waals surface area contributed by atoms with E-state index < -0.39 is 11.6 Å². The lowest BCUT2D eigenvalue weighted by molar-refractivity contribution is -0.120. The van der Waals surface area contributed by atoms with Crippen LogP contribution in [0.1, 0.15) is 16.7 Å². The first-order valence-corrected chi connectivity index (χ1v) is 6.48. The Morgan fingerprint density at radius 2 is 1.86 bits per heavy atom. The standard InChI is InChI=1S/C16H15F2NO2/c17-14-5-4-13(15(18)8-14)7-16(21)19-9-11-2-1-3-12(6-11)10-20/h1-6,8,20H,7,9-10H2,(H,19,21). The minimum Gasteiger partial charge on any atom is -0.392 e. The van der Waals surface area contributed by atoms with E-state index in [9.17, 15) is 13.6 Å². The van der Waals surface area contributed by atoms with E-state index >= 15 is 0 Å². The van der Waals surface area contributed by atoms with Gasteiger partial charge < -0.3 is 10.4 Å². The van der Waals surface area contributed by atoms with Crippen LogP contribution in [0.4, 0.5) is 8.78 Å². The van der Waals surface area contributed by atoms with E-state index in [1.807, 2.05) is 6.07 Å². The lowest BCUT2D eigenvalue weighted by atomic mass is 10.1. The fourth-order valence-electron chi connectivity index (χ4n) is 1.94. The molecule has 1 amide bonds. The lowest BCUT2D eigenvalue weighted by Gasteiger charge is -2.07. The Hall–Kier alpha value is -2.27. The molecular weight excluding hydrogens is 276 g/mol. The van der Waals surface area contributed by atoms with Crippen molar-refractivity contribution >= 4 is 5.91 Å². The Kier molecular flexibility index (Phi) is 5.00. The van der Waals surface area contributed by atoms with Gasteiger partial charge >= 0.3 is 0 Å². The van der Waals surface area contributed by atoms with E-state index in [0.717, 1.165) is 23.3 Å². The SMILES string of the molecule is O=C(Cc1ccc(F)cc1F)NCc1cccc(CO)c1. The van der Waals surface area contributed by atoms with Gasteiger partial charge in [0.2, 0.25) is 5.91 Å². The average molecular weight is 291 g/mol. The summed E-state index contributed by atoms with van der Waals surface area (Å²) in [6.45, 7) is 0.220. The maximum absolute atomic E-state index is 13.4. The molecule has 0 spiro atoms. The summed E-state index contributed by atoms with van der Waals surface area (Å²) >= 11 is 0. The zero-order chi connectivity index (χ0) is 15.2. The molecule has 0 radical (unpaired) electrons. The summed E-state index contributed by atoms with van der Waals surface area (Å²) in [4.78, 5) is 11.8. The third-order valence-corrected chi connectivity index (χ3v) is 3.03. The van der Waals surface area contributed by atoms with Gasteiger partial charge in [0.05, 0.1) is 13.0 Å². The fourth-order valence-corrected chi connectivity index (χ4v) is 1.94. The number of aliphatic hydroxyl groups excluding tert-OH is 1. The predicted octanol–water partition coefficient (Wildman–Crippen LogP) is 2.32. The molecule has 0 fully saturated rings. The molecule has 0 aliphatic rings. The minimum absolute atomic E-state index is 0.0669. The second-order valence-electron chi connectivity index (χ2n) is 4.67. The largest absolute Gasteiger partial charge is 0.392 e. The van der Waals surface area contributed by atoms with Gasteiger partial charge in [-0.1, -0.05) is 30.3 Å². The number of benzene rings is 2. The molecule has 0 aliphatic carbocycles. The first-order valence-electron chi connectivity index (χ1n) is 6.48. The van der Waals surface area contributed by atoms with Crippen LogP contribution in [-0.4, -0.2) is 11.0 Å². The maximum atomic E-state index is 13.4. The molecule has 5 heteroatoms. The van der Waals surface area contributed by atoms with Crippen LogP contribution >= 0.6 is 0 Å².